The molecule has 0 saturated carbocycles. The average molecular weight is 354 g/mol. The summed E-state index contributed by atoms with van der Waals surface area (Å²) in [6.07, 6.45) is 3.84. The van der Waals surface area contributed by atoms with Crippen LogP contribution in [0.4, 0.5) is 0 Å². The SMILES string of the molecule is Oc1ccc2c(c1)OC(CNCCCc1c[nH]c3ccc(O)cc13)CO2. The topological polar surface area (TPSA) is 86.7 Å². The summed E-state index contributed by atoms with van der Waals surface area (Å²) >= 11 is 0. The number of hydrogen-bond donors (Lipinski definition) is 4. The van der Waals surface area contributed by atoms with Crippen LogP contribution in [0.5, 0.6) is 23.0 Å². The van der Waals surface area contributed by atoms with Gasteiger partial charge in [0.2, 0.25) is 0 Å². The van der Waals surface area contributed by atoms with Gasteiger partial charge in [0.15, 0.2) is 11.5 Å². The summed E-state index contributed by atoms with van der Waals surface area (Å²) in [5.41, 5.74) is 2.25. The number of phenolic OH excluding ortho intramolecular Hbond substituents is 2. The number of aromatic nitrogens is 1. The molecule has 4 N–H and O–H groups in total. The Kier molecular flexibility index (Phi) is 4.58. The summed E-state index contributed by atoms with van der Waals surface area (Å²) in [7, 11) is 0. The Bertz CT molecular complexity index is 906. The highest BCUT2D eigenvalue weighted by Crippen LogP contribution is 2.34. The lowest BCUT2D eigenvalue weighted by atomic mass is 10.1. The third-order valence-electron chi connectivity index (χ3n) is 4.57. The van der Waals surface area contributed by atoms with Crippen molar-refractivity contribution in [2.45, 2.75) is 18.9 Å². The zero-order chi connectivity index (χ0) is 17.9. The molecule has 0 radical (unpaired) electrons. The molecular weight excluding hydrogens is 332 g/mol. The second-order valence-electron chi connectivity index (χ2n) is 6.53. The van der Waals surface area contributed by atoms with Crippen molar-refractivity contribution >= 4 is 10.9 Å². The first-order chi connectivity index (χ1) is 12.7. The first-order valence-electron chi connectivity index (χ1n) is 8.81. The highest BCUT2D eigenvalue weighted by atomic mass is 16.6. The summed E-state index contributed by atoms with van der Waals surface area (Å²) in [5.74, 6) is 1.71. The predicted molar refractivity (Wildman–Crippen MR) is 99.2 cm³/mol. The van der Waals surface area contributed by atoms with Gasteiger partial charge >= 0.3 is 0 Å². The van der Waals surface area contributed by atoms with Crippen molar-refractivity contribution in [3.63, 3.8) is 0 Å². The van der Waals surface area contributed by atoms with E-state index < -0.39 is 0 Å². The number of ether oxygens (including phenoxy) is 2. The normalized spacial score (nSPS) is 16.1. The van der Waals surface area contributed by atoms with Gasteiger partial charge in [0.25, 0.3) is 0 Å². The zero-order valence-electron chi connectivity index (χ0n) is 14.4. The number of rotatable bonds is 6. The van der Waals surface area contributed by atoms with Crippen LogP contribution in [-0.2, 0) is 6.42 Å². The fourth-order valence-corrected chi connectivity index (χ4v) is 3.25. The summed E-state index contributed by atoms with van der Waals surface area (Å²) in [6.45, 7) is 2.04. The van der Waals surface area contributed by atoms with E-state index in [1.165, 1.54) is 5.56 Å². The molecule has 3 aromatic rings. The molecule has 0 amide bonds. The van der Waals surface area contributed by atoms with Gasteiger partial charge in [0.05, 0.1) is 0 Å². The molecule has 0 aliphatic carbocycles. The lowest BCUT2D eigenvalue weighted by molar-refractivity contribution is 0.0901. The molecule has 0 fully saturated rings. The molecule has 0 bridgehead atoms. The number of aryl methyl sites for hydroxylation is 1. The second kappa shape index (κ2) is 7.17. The van der Waals surface area contributed by atoms with Crippen molar-refractivity contribution in [3.8, 4) is 23.0 Å². The first-order valence-corrected chi connectivity index (χ1v) is 8.81. The van der Waals surface area contributed by atoms with E-state index in [9.17, 15) is 10.2 Å². The van der Waals surface area contributed by atoms with Crippen LogP contribution in [0, 0.1) is 0 Å². The Balaban J connectivity index is 1.24. The van der Waals surface area contributed by atoms with Gasteiger partial charge in [-0.05, 0) is 55.3 Å². The number of hydrogen-bond acceptors (Lipinski definition) is 5. The highest BCUT2D eigenvalue weighted by Gasteiger charge is 2.20. The van der Waals surface area contributed by atoms with E-state index in [0.29, 0.717) is 24.7 Å². The van der Waals surface area contributed by atoms with Crippen LogP contribution in [0.1, 0.15) is 12.0 Å². The molecule has 0 spiro atoms. The fourth-order valence-electron chi connectivity index (χ4n) is 3.25. The van der Waals surface area contributed by atoms with E-state index in [-0.39, 0.29) is 17.6 Å². The van der Waals surface area contributed by atoms with Crippen molar-refractivity contribution in [2.75, 3.05) is 19.7 Å². The number of H-pyrrole nitrogens is 1. The van der Waals surface area contributed by atoms with Crippen LogP contribution in [0.2, 0.25) is 0 Å². The minimum absolute atomic E-state index is 0.0747. The molecule has 1 atom stereocenters. The summed E-state index contributed by atoms with van der Waals surface area (Å²) in [4.78, 5) is 3.23. The second-order valence-corrected chi connectivity index (χ2v) is 6.53. The van der Waals surface area contributed by atoms with Crippen LogP contribution < -0.4 is 14.8 Å². The van der Waals surface area contributed by atoms with E-state index in [0.717, 1.165) is 30.3 Å². The molecule has 0 saturated heterocycles. The first kappa shape index (κ1) is 16.6. The average Bonchev–Trinajstić information content (AvgIpc) is 3.03. The maximum atomic E-state index is 9.65. The molecule has 2 heterocycles. The molecule has 26 heavy (non-hydrogen) atoms. The molecule has 1 aliphatic heterocycles. The van der Waals surface area contributed by atoms with Gasteiger partial charge in [0.1, 0.15) is 24.2 Å². The van der Waals surface area contributed by atoms with E-state index in [4.69, 9.17) is 9.47 Å². The third kappa shape index (κ3) is 3.55. The summed E-state index contributed by atoms with van der Waals surface area (Å²) in [6, 6.07) is 10.3. The maximum Gasteiger partial charge on any atom is 0.165 e. The van der Waals surface area contributed by atoms with Gasteiger partial charge in [-0.15, -0.1) is 0 Å². The molecule has 1 unspecified atom stereocenters. The van der Waals surface area contributed by atoms with E-state index in [2.05, 4.69) is 10.3 Å². The minimum atomic E-state index is -0.0747. The summed E-state index contributed by atoms with van der Waals surface area (Å²) < 4.78 is 11.5. The smallest absolute Gasteiger partial charge is 0.165 e. The Morgan fingerprint density at radius 3 is 2.85 bits per heavy atom. The van der Waals surface area contributed by atoms with Crippen molar-refractivity contribution in [2.24, 2.45) is 0 Å². The van der Waals surface area contributed by atoms with Gasteiger partial charge in [-0.1, -0.05) is 0 Å². The molecular formula is C20H22N2O4. The Labute approximate surface area is 151 Å². The standard InChI is InChI=1S/C20H22N2O4/c23-14-3-5-18-17(8-14)13(10-22-18)2-1-7-21-11-16-12-25-19-6-4-15(24)9-20(19)26-16/h3-6,8-10,16,21-24H,1-2,7,11-12H2. The highest BCUT2D eigenvalue weighted by molar-refractivity contribution is 5.84. The molecule has 6 heteroatoms. The van der Waals surface area contributed by atoms with Gasteiger partial charge < -0.3 is 30.0 Å². The number of phenols is 2. The van der Waals surface area contributed by atoms with E-state index in [1.54, 1.807) is 30.3 Å². The van der Waals surface area contributed by atoms with Gasteiger partial charge in [0, 0.05) is 29.7 Å². The minimum Gasteiger partial charge on any atom is -0.508 e. The van der Waals surface area contributed by atoms with Crippen molar-refractivity contribution in [1.29, 1.82) is 0 Å². The van der Waals surface area contributed by atoms with E-state index >= 15 is 0 Å². The van der Waals surface area contributed by atoms with E-state index in [1.807, 2.05) is 12.3 Å². The zero-order valence-corrected chi connectivity index (χ0v) is 14.4. The number of aromatic amines is 1. The molecule has 1 aromatic heterocycles. The Hall–Kier alpha value is -2.86. The van der Waals surface area contributed by atoms with Crippen LogP contribution >= 0.6 is 0 Å². The molecule has 1 aliphatic rings. The van der Waals surface area contributed by atoms with Crippen molar-refractivity contribution < 1.29 is 19.7 Å². The number of benzene rings is 2. The van der Waals surface area contributed by atoms with Gasteiger partial charge in [-0.25, -0.2) is 0 Å². The van der Waals surface area contributed by atoms with Gasteiger partial charge in [-0.2, -0.15) is 0 Å². The van der Waals surface area contributed by atoms with Crippen LogP contribution in [0.3, 0.4) is 0 Å². The van der Waals surface area contributed by atoms with Crippen LogP contribution in [0.25, 0.3) is 10.9 Å². The largest absolute Gasteiger partial charge is 0.508 e. The fraction of sp³-hybridized carbons (Fsp3) is 0.300. The summed E-state index contributed by atoms with van der Waals surface area (Å²) in [5, 5.41) is 23.7. The molecule has 136 valence electrons. The monoisotopic (exact) mass is 354 g/mol. The Morgan fingerprint density at radius 1 is 1.08 bits per heavy atom. The quantitative estimate of drug-likeness (QED) is 0.511. The molecule has 2 aromatic carbocycles. The number of nitrogens with one attached hydrogen (secondary N) is 2. The van der Waals surface area contributed by atoms with Crippen LogP contribution in [-0.4, -0.2) is 41.0 Å². The predicted octanol–water partition coefficient (Wildman–Crippen LogP) is 2.94. The Morgan fingerprint density at radius 2 is 1.92 bits per heavy atom. The third-order valence-corrected chi connectivity index (χ3v) is 4.57. The number of fused-ring (bicyclic) bond motifs is 2. The van der Waals surface area contributed by atoms with Crippen molar-refractivity contribution in [1.82, 2.24) is 10.3 Å². The van der Waals surface area contributed by atoms with Crippen LogP contribution in [0.15, 0.2) is 42.6 Å². The lowest BCUT2D eigenvalue weighted by Crippen LogP contribution is -2.38. The molecule has 4 rings (SSSR count). The number of aromatic hydroxyl groups is 2. The van der Waals surface area contributed by atoms with Gasteiger partial charge in [-0.3, -0.25) is 0 Å². The lowest BCUT2D eigenvalue weighted by Gasteiger charge is -2.26. The molecule has 6 nitrogen and oxygen atoms in total. The van der Waals surface area contributed by atoms with Crippen molar-refractivity contribution in [3.05, 3.63) is 48.2 Å². The maximum absolute atomic E-state index is 9.65.